The predicted molar refractivity (Wildman–Crippen MR) is 74.0 cm³/mol. The third-order valence-electron chi connectivity index (χ3n) is 2.70. The van der Waals surface area contributed by atoms with Gasteiger partial charge in [0.15, 0.2) is 5.76 Å². The van der Waals surface area contributed by atoms with Gasteiger partial charge in [-0.15, -0.1) is 0 Å². The lowest BCUT2D eigenvalue weighted by molar-refractivity contribution is 0.248. The van der Waals surface area contributed by atoms with E-state index in [4.69, 9.17) is 9.26 Å². The van der Waals surface area contributed by atoms with Crippen LogP contribution in [0, 0.1) is 6.92 Å². The van der Waals surface area contributed by atoms with E-state index in [0.29, 0.717) is 19.2 Å². The van der Waals surface area contributed by atoms with E-state index in [1.807, 2.05) is 37.3 Å². The van der Waals surface area contributed by atoms with E-state index in [0.717, 1.165) is 17.2 Å². The summed E-state index contributed by atoms with van der Waals surface area (Å²) in [7, 11) is 0. The molecule has 1 aromatic carbocycles. The van der Waals surface area contributed by atoms with E-state index in [2.05, 4.69) is 24.3 Å². The molecule has 0 aliphatic carbocycles. The quantitative estimate of drug-likeness (QED) is 0.867. The van der Waals surface area contributed by atoms with Crippen LogP contribution >= 0.6 is 0 Å². The van der Waals surface area contributed by atoms with Crippen molar-refractivity contribution < 1.29 is 9.26 Å². The molecule has 2 aromatic rings. The molecule has 0 amide bonds. The average molecular weight is 260 g/mol. The summed E-state index contributed by atoms with van der Waals surface area (Å²) >= 11 is 0. The van der Waals surface area contributed by atoms with Crippen LogP contribution in [0.4, 0.5) is 0 Å². The van der Waals surface area contributed by atoms with Gasteiger partial charge in [-0.25, -0.2) is 0 Å². The van der Waals surface area contributed by atoms with Crippen LogP contribution in [0.25, 0.3) is 0 Å². The van der Waals surface area contributed by atoms with E-state index in [1.54, 1.807) is 0 Å². The second-order valence-electron chi connectivity index (χ2n) is 4.92. The maximum Gasteiger partial charge on any atom is 0.174 e. The number of ether oxygens (including phenoxy) is 1. The van der Waals surface area contributed by atoms with Gasteiger partial charge in [-0.3, -0.25) is 0 Å². The third kappa shape index (κ3) is 4.41. The van der Waals surface area contributed by atoms with Crippen molar-refractivity contribution in [2.75, 3.05) is 0 Å². The molecular weight excluding hydrogens is 240 g/mol. The summed E-state index contributed by atoms with van der Waals surface area (Å²) in [4.78, 5) is 0. The van der Waals surface area contributed by atoms with Crippen LogP contribution in [0.15, 0.2) is 34.9 Å². The maximum atomic E-state index is 5.63. The van der Waals surface area contributed by atoms with Gasteiger partial charge in [0.1, 0.15) is 12.4 Å². The Balaban J connectivity index is 1.84. The minimum atomic E-state index is 0.401. The van der Waals surface area contributed by atoms with Crippen LogP contribution < -0.4 is 10.1 Å². The number of hydrogen-bond donors (Lipinski definition) is 1. The lowest BCUT2D eigenvalue weighted by atomic mass is 10.2. The summed E-state index contributed by atoms with van der Waals surface area (Å²) in [5.74, 6) is 1.57. The number of nitrogens with one attached hydrogen (secondary N) is 1. The lowest BCUT2D eigenvalue weighted by Gasteiger charge is -2.04. The van der Waals surface area contributed by atoms with E-state index < -0.39 is 0 Å². The first-order valence-electron chi connectivity index (χ1n) is 6.51. The fourth-order valence-electron chi connectivity index (χ4n) is 1.60. The summed E-state index contributed by atoms with van der Waals surface area (Å²) in [6.07, 6.45) is 0. The minimum Gasteiger partial charge on any atom is -0.486 e. The fraction of sp³-hybridized carbons (Fsp3) is 0.400. The summed E-state index contributed by atoms with van der Waals surface area (Å²) in [6.45, 7) is 7.36. The van der Waals surface area contributed by atoms with Crippen molar-refractivity contribution in [1.29, 1.82) is 0 Å². The van der Waals surface area contributed by atoms with E-state index in [-0.39, 0.29) is 0 Å². The van der Waals surface area contributed by atoms with E-state index in [1.165, 1.54) is 5.56 Å². The van der Waals surface area contributed by atoms with E-state index >= 15 is 0 Å². The molecule has 4 heteroatoms. The van der Waals surface area contributed by atoms with Gasteiger partial charge >= 0.3 is 0 Å². The molecule has 1 N–H and O–H groups in total. The first-order valence-corrected chi connectivity index (χ1v) is 6.51. The Morgan fingerprint density at radius 1 is 1.26 bits per heavy atom. The Hall–Kier alpha value is -1.81. The number of hydrogen-bond acceptors (Lipinski definition) is 4. The molecule has 0 spiro atoms. The molecule has 1 aromatic heterocycles. The zero-order chi connectivity index (χ0) is 13.7. The molecule has 102 valence electrons. The highest BCUT2D eigenvalue weighted by atomic mass is 16.5. The highest BCUT2D eigenvalue weighted by molar-refractivity contribution is 5.26. The second kappa shape index (κ2) is 6.38. The van der Waals surface area contributed by atoms with Crippen LogP contribution in [-0.2, 0) is 13.2 Å². The predicted octanol–water partition coefficient (Wildman–Crippen LogP) is 3.06. The smallest absolute Gasteiger partial charge is 0.174 e. The largest absolute Gasteiger partial charge is 0.486 e. The zero-order valence-corrected chi connectivity index (χ0v) is 11.6. The molecule has 0 saturated carbocycles. The van der Waals surface area contributed by atoms with Crippen LogP contribution in [0.3, 0.4) is 0 Å². The van der Waals surface area contributed by atoms with Crippen LogP contribution in [-0.4, -0.2) is 11.2 Å². The Labute approximate surface area is 113 Å². The number of benzene rings is 1. The van der Waals surface area contributed by atoms with Gasteiger partial charge in [0.25, 0.3) is 0 Å². The summed E-state index contributed by atoms with van der Waals surface area (Å²) in [5.41, 5.74) is 2.12. The minimum absolute atomic E-state index is 0.401. The van der Waals surface area contributed by atoms with Crippen LogP contribution in [0.5, 0.6) is 5.75 Å². The standard InChI is InChI=1S/C15H20N2O2/c1-11(2)16-9-13-8-15(19-17-13)10-18-14-6-4-12(3)5-7-14/h4-8,11,16H,9-10H2,1-3H3. The molecule has 0 aliphatic heterocycles. The SMILES string of the molecule is Cc1ccc(OCc2cc(CNC(C)C)no2)cc1. The molecule has 0 unspecified atom stereocenters. The molecular formula is C15H20N2O2. The molecule has 0 radical (unpaired) electrons. The van der Waals surface area contributed by atoms with Crippen molar-refractivity contribution >= 4 is 0 Å². The zero-order valence-electron chi connectivity index (χ0n) is 11.6. The first-order chi connectivity index (χ1) is 9.13. The van der Waals surface area contributed by atoms with Crippen LogP contribution in [0.2, 0.25) is 0 Å². The van der Waals surface area contributed by atoms with Gasteiger partial charge in [-0.1, -0.05) is 36.7 Å². The Kier molecular flexibility index (Phi) is 4.58. The summed E-state index contributed by atoms with van der Waals surface area (Å²) < 4.78 is 10.9. The van der Waals surface area contributed by atoms with Gasteiger partial charge in [-0.05, 0) is 19.1 Å². The Morgan fingerprint density at radius 2 is 2.00 bits per heavy atom. The summed E-state index contributed by atoms with van der Waals surface area (Å²) in [6, 6.07) is 10.3. The average Bonchev–Trinajstić information content (AvgIpc) is 2.84. The molecule has 4 nitrogen and oxygen atoms in total. The molecule has 0 aliphatic rings. The second-order valence-corrected chi connectivity index (χ2v) is 4.92. The maximum absolute atomic E-state index is 5.63. The molecule has 0 saturated heterocycles. The highest BCUT2D eigenvalue weighted by Gasteiger charge is 2.05. The van der Waals surface area contributed by atoms with Gasteiger partial charge in [0.2, 0.25) is 0 Å². The van der Waals surface area contributed by atoms with Crippen molar-refractivity contribution in [3.63, 3.8) is 0 Å². The topological polar surface area (TPSA) is 47.3 Å². The van der Waals surface area contributed by atoms with Gasteiger partial charge in [-0.2, -0.15) is 0 Å². The normalized spacial score (nSPS) is 10.9. The molecule has 2 rings (SSSR count). The lowest BCUT2D eigenvalue weighted by Crippen LogP contribution is -2.21. The number of aryl methyl sites for hydroxylation is 1. The van der Waals surface area contributed by atoms with Gasteiger partial charge in [0, 0.05) is 18.7 Å². The number of rotatable bonds is 6. The molecule has 0 fully saturated rings. The highest BCUT2D eigenvalue weighted by Crippen LogP contribution is 2.14. The van der Waals surface area contributed by atoms with Crippen molar-refractivity contribution in [3.05, 3.63) is 47.3 Å². The first kappa shape index (κ1) is 13.6. The Morgan fingerprint density at radius 3 is 2.68 bits per heavy atom. The molecule has 0 atom stereocenters. The van der Waals surface area contributed by atoms with Gasteiger partial charge < -0.3 is 14.6 Å². The van der Waals surface area contributed by atoms with Crippen molar-refractivity contribution in [2.24, 2.45) is 0 Å². The third-order valence-corrected chi connectivity index (χ3v) is 2.70. The van der Waals surface area contributed by atoms with Crippen molar-refractivity contribution in [1.82, 2.24) is 10.5 Å². The Bertz CT molecular complexity index is 503. The molecule has 0 bridgehead atoms. The summed E-state index contributed by atoms with van der Waals surface area (Å²) in [5, 5.41) is 7.29. The van der Waals surface area contributed by atoms with Crippen molar-refractivity contribution in [3.8, 4) is 5.75 Å². The van der Waals surface area contributed by atoms with Crippen LogP contribution in [0.1, 0.15) is 30.9 Å². The fourth-order valence-corrected chi connectivity index (χ4v) is 1.60. The van der Waals surface area contributed by atoms with Gasteiger partial charge in [0.05, 0.1) is 5.69 Å². The van der Waals surface area contributed by atoms with E-state index in [9.17, 15) is 0 Å². The number of nitrogens with zero attached hydrogens (tertiary/aromatic N) is 1. The molecule has 19 heavy (non-hydrogen) atoms. The monoisotopic (exact) mass is 260 g/mol. The molecule has 1 heterocycles. The number of aromatic nitrogens is 1. The van der Waals surface area contributed by atoms with Crippen molar-refractivity contribution in [2.45, 2.75) is 40.0 Å².